The molecule has 7 heteroatoms. The predicted octanol–water partition coefficient (Wildman–Crippen LogP) is 2.68. The van der Waals surface area contributed by atoms with E-state index in [4.69, 9.17) is 14.2 Å². The summed E-state index contributed by atoms with van der Waals surface area (Å²) in [5.74, 6) is 1.05. The Balaban J connectivity index is 1.32. The Kier molecular flexibility index (Phi) is 4.58. The molecule has 2 N–H and O–H groups in total. The molecule has 1 aliphatic carbocycles. The Morgan fingerprint density at radius 2 is 1.48 bits per heavy atom. The van der Waals surface area contributed by atoms with E-state index in [2.05, 4.69) is 10.6 Å². The van der Waals surface area contributed by atoms with Crippen molar-refractivity contribution in [3.63, 3.8) is 0 Å². The third-order valence-electron chi connectivity index (χ3n) is 4.63. The number of fused-ring (bicyclic) bond motifs is 1. The summed E-state index contributed by atoms with van der Waals surface area (Å²) in [6.07, 6.45) is 0.540. The maximum Gasteiger partial charge on any atom is 0.228 e. The first-order valence-corrected chi connectivity index (χ1v) is 8.79. The minimum Gasteiger partial charge on any atom is -0.497 e. The highest BCUT2D eigenvalue weighted by Crippen LogP contribution is 2.41. The minimum atomic E-state index is -0.323. The molecular formula is C20H20N2O5. The molecule has 0 saturated heterocycles. The number of hydrogen-bond donors (Lipinski definition) is 2. The molecule has 0 radical (unpaired) electrons. The quantitative estimate of drug-likeness (QED) is 0.847. The largest absolute Gasteiger partial charge is 0.497 e. The summed E-state index contributed by atoms with van der Waals surface area (Å²) in [4.78, 5) is 24.7. The highest BCUT2D eigenvalue weighted by molar-refractivity contribution is 6.03. The van der Waals surface area contributed by atoms with E-state index in [-0.39, 0.29) is 23.7 Å². The van der Waals surface area contributed by atoms with E-state index in [0.29, 0.717) is 42.5 Å². The van der Waals surface area contributed by atoms with E-state index in [1.807, 2.05) is 0 Å². The van der Waals surface area contributed by atoms with E-state index in [1.165, 1.54) is 0 Å². The molecule has 0 bridgehead atoms. The van der Waals surface area contributed by atoms with Crippen LogP contribution in [0.4, 0.5) is 11.4 Å². The number of carbonyl (C=O) groups excluding carboxylic acids is 2. The Hall–Kier alpha value is -3.22. The van der Waals surface area contributed by atoms with Crippen molar-refractivity contribution in [2.24, 2.45) is 11.8 Å². The number of rotatable bonds is 5. The summed E-state index contributed by atoms with van der Waals surface area (Å²) in [6.45, 7) is 1.01. The first-order valence-electron chi connectivity index (χ1n) is 8.79. The number of ether oxygens (including phenoxy) is 3. The van der Waals surface area contributed by atoms with Gasteiger partial charge in [0.25, 0.3) is 0 Å². The van der Waals surface area contributed by atoms with Gasteiger partial charge in [0.05, 0.1) is 18.9 Å². The smallest absolute Gasteiger partial charge is 0.228 e. The number of hydrogen-bond acceptors (Lipinski definition) is 5. The predicted molar refractivity (Wildman–Crippen MR) is 99.3 cm³/mol. The molecule has 0 aromatic heterocycles. The molecule has 2 unspecified atom stereocenters. The van der Waals surface area contributed by atoms with Crippen LogP contribution in [0, 0.1) is 11.8 Å². The molecule has 140 valence electrons. The van der Waals surface area contributed by atoms with Crippen molar-refractivity contribution in [3.05, 3.63) is 42.5 Å². The number of nitrogens with one attached hydrogen (secondary N) is 2. The lowest BCUT2D eigenvalue weighted by atomic mass is 10.2. The highest BCUT2D eigenvalue weighted by atomic mass is 16.6. The molecule has 0 spiro atoms. The van der Waals surface area contributed by atoms with E-state index in [0.717, 1.165) is 5.75 Å². The summed E-state index contributed by atoms with van der Waals surface area (Å²) >= 11 is 0. The van der Waals surface area contributed by atoms with Crippen LogP contribution < -0.4 is 24.8 Å². The van der Waals surface area contributed by atoms with E-state index < -0.39 is 0 Å². The van der Waals surface area contributed by atoms with Gasteiger partial charge in [-0.15, -0.1) is 0 Å². The van der Waals surface area contributed by atoms with Gasteiger partial charge >= 0.3 is 0 Å². The van der Waals surface area contributed by atoms with E-state index >= 15 is 0 Å². The summed E-state index contributed by atoms with van der Waals surface area (Å²) in [7, 11) is 1.59. The third kappa shape index (κ3) is 3.81. The Bertz CT molecular complexity index is 865. The highest BCUT2D eigenvalue weighted by Gasteiger charge is 2.48. The van der Waals surface area contributed by atoms with Crippen molar-refractivity contribution in [1.82, 2.24) is 0 Å². The summed E-state index contributed by atoms with van der Waals surface area (Å²) in [5.41, 5.74) is 1.31. The van der Waals surface area contributed by atoms with Crippen LogP contribution in [0.2, 0.25) is 0 Å². The van der Waals surface area contributed by atoms with Crippen molar-refractivity contribution >= 4 is 23.2 Å². The number of methoxy groups -OCH3 is 1. The molecule has 1 fully saturated rings. The van der Waals surface area contributed by atoms with Crippen molar-refractivity contribution in [3.8, 4) is 17.2 Å². The molecule has 2 aromatic carbocycles. The molecule has 1 saturated carbocycles. The molecule has 2 aromatic rings. The van der Waals surface area contributed by atoms with E-state index in [1.54, 1.807) is 49.6 Å². The second kappa shape index (κ2) is 7.19. The van der Waals surface area contributed by atoms with Crippen LogP contribution in [0.15, 0.2) is 42.5 Å². The maximum absolute atomic E-state index is 12.4. The van der Waals surface area contributed by atoms with Gasteiger partial charge in [-0.2, -0.15) is 0 Å². The van der Waals surface area contributed by atoms with Gasteiger partial charge < -0.3 is 24.8 Å². The molecule has 1 heterocycles. The molecule has 27 heavy (non-hydrogen) atoms. The zero-order chi connectivity index (χ0) is 18.8. The van der Waals surface area contributed by atoms with Crippen molar-refractivity contribution in [2.45, 2.75) is 6.42 Å². The van der Waals surface area contributed by atoms with Gasteiger partial charge in [-0.1, -0.05) is 0 Å². The van der Waals surface area contributed by atoms with Crippen LogP contribution in [-0.2, 0) is 9.59 Å². The Morgan fingerprint density at radius 3 is 2.15 bits per heavy atom. The monoisotopic (exact) mass is 368 g/mol. The van der Waals surface area contributed by atoms with E-state index in [9.17, 15) is 9.59 Å². The topological polar surface area (TPSA) is 85.9 Å². The molecule has 4 rings (SSSR count). The summed E-state index contributed by atoms with van der Waals surface area (Å²) in [5, 5.41) is 5.68. The lowest BCUT2D eigenvalue weighted by Gasteiger charge is -2.19. The second-order valence-corrected chi connectivity index (χ2v) is 6.51. The lowest BCUT2D eigenvalue weighted by Crippen LogP contribution is -2.21. The first-order chi connectivity index (χ1) is 13.1. The third-order valence-corrected chi connectivity index (χ3v) is 4.63. The van der Waals surface area contributed by atoms with Crippen molar-refractivity contribution < 1.29 is 23.8 Å². The Morgan fingerprint density at radius 1 is 0.889 bits per heavy atom. The molecule has 7 nitrogen and oxygen atoms in total. The minimum absolute atomic E-state index is 0.150. The molecule has 1 aliphatic heterocycles. The molecular weight excluding hydrogens is 348 g/mol. The van der Waals surface area contributed by atoms with Gasteiger partial charge in [0.1, 0.15) is 19.0 Å². The maximum atomic E-state index is 12.4. The number of benzene rings is 2. The van der Waals surface area contributed by atoms with Gasteiger partial charge in [0.2, 0.25) is 11.8 Å². The van der Waals surface area contributed by atoms with Crippen molar-refractivity contribution in [2.75, 3.05) is 31.0 Å². The van der Waals surface area contributed by atoms with Crippen LogP contribution >= 0.6 is 0 Å². The Labute approximate surface area is 156 Å². The fraction of sp³-hybridized carbons (Fsp3) is 0.300. The fourth-order valence-corrected chi connectivity index (χ4v) is 3.04. The average molecular weight is 368 g/mol. The number of carbonyl (C=O) groups is 2. The van der Waals surface area contributed by atoms with Crippen LogP contribution in [0.3, 0.4) is 0 Å². The number of anilines is 2. The fourth-order valence-electron chi connectivity index (χ4n) is 3.04. The van der Waals surface area contributed by atoms with Crippen molar-refractivity contribution in [1.29, 1.82) is 0 Å². The van der Waals surface area contributed by atoms with Crippen LogP contribution in [0.5, 0.6) is 17.2 Å². The zero-order valence-corrected chi connectivity index (χ0v) is 14.9. The number of amides is 2. The van der Waals surface area contributed by atoms with Crippen LogP contribution in [0.25, 0.3) is 0 Å². The normalized spacial score (nSPS) is 19.7. The van der Waals surface area contributed by atoms with Crippen LogP contribution in [-0.4, -0.2) is 32.1 Å². The van der Waals surface area contributed by atoms with Crippen LogP contribution in [0.1, 0.15) is 6.42 Å². The summed E-state index contributed by atoms with van der Waals surface area (Å²) < 4.78 is 16.1. The second-order valence-electron chi connectivity index (χ2n) is 6.51. The summed E-state index contributed by atoms with van der Waals surface area (Å²) in [6, 6.07) is 12.3. The average Bonchev–Trinajstić information content (AvgIpc) is 3.50. The standard InChI is InChI=1S/C20H20N2O5/c1-25-14-5-2-12(3-6-14)21-19(23)15-11-16(15)20(24)22-13-4-7-17-18(10-13)27-9-8-26-17/h2-7,10,15-16H,8-9,11H2,1H3,(H,21,23)(H,22,24). The van der Waals surface area contributed by atoms with Gasteiger partial charge in [-0.3, -0.25) is 9.59 Å². The van der Waals surface area contributed by atoms with Gasteiger partial charge in [-0.25, -0.2) is 0 Å². The first kappa shape index (κ1) is 17.2. The molecule has 2 atom stereocenters. The van der Waals surface area contributed by atoms with Gasteiger partial charge in [-0.05, 0) is 42.8 Å². The SMILES string of the molecule is COc1ccc(NC(=O)C2CC2C(=O)Nc2ccc3c(c2)OCCO3)cc1. The van der Waals surface area contributed by atoms with Gasteiger partial charge in [0, 0.05) is 17.4 Å². The lowest BCUT2D eigenvalue weighted by molar-refractivity contribution is -0.122. The molecule has 2 amide bonds. The zero-order valence-electron chi connectivity index (χ0n) is 14.9. The molecule has 2 aliphatic rings. The van der Waals surface area contributed by atoms with Gasteiger partial charge in [0.15, 0.2) is 11.5 Å².